The van der Waals surface area contributed by atoms with Gasteiger partial charge in [-0.2, -0.15) is 5.26 Å². The van der Waals surface area contributed by atoms with Crippen molar-refractivity contribution in [2.75, 3.05) is 13.7 Å². The smallest absolute Gasteiger partial charge is 0.200 e. The molecule has 0 atom stereocenters. The molecule has 20 heavy (non-hydrogen) atoms. The maximum absolute atomic E-state index is 11.9. The van der Waals surface area contributed by atoms with E-state index >= 15 is 0 Å². The number of carbonyl (C=O) groups excluding carboxylic acids is 1. The van der Waals surface area contributed by atoms with Crippen LogP contribution in [0.4, 0.5) is 0 Å². The highest BCUT2D eigenvalue weighted by Gasteiger charge is 2.10. The summed E-state index contributed by atoms with van der Waals surface area (Å²) < 4.78 is 10.6. The van der Waals surface area contributed by atoms with E-state index in [0.717, 1.165) is 0 Å². The van der Waals surface area contributed by atoms with Gasteiger partial charge in [0.25, 0.3) is 0 Å². The van der Waals surface area contributed by atoms with Crippen LogP contribution in [0.3, 0.4) is 0 Å². The van der Waals surface area contributed by atoms with Gasteiger partial charge in [-0.3, -0.25) is 4.79 Å². The summed E-state index contributed by atoms with van der Waals surface area (Å²) in [6, 6.07) is 15.8. The molecule has 100 valence electrons. The first-order valence-electron chi connectivity index (χ1n) is 6.04. The molecule has 0 aliphatic heterocycles. The molecule has 0 saturated heterocycles. The Morgan fingerprint density at radius 1 is 1.15 bits per heavy atom. The van der Waals surface area contributed by atoms with Crippen molar-refractivity contribution in [1.29, 1.82) is 5.26 Å². The van der Waals surface area contributed by atoms with Crippen LogP contribution in [0.25, 0.3) is 0 Å². The number of methoxy groups -OCH3 is 1. The number of ether oxygens (including phenoxy) is 2. The molecular formula is C16H13NO3. The first-order valence-corrected chi connectivity index (χ1v) is 6.04. The monoisotopic (exact) mass is 267 g/mol. The molecule has 0 aliphatic rings. The van der Waals surface area contributed by atoms with Gasteiger partial charge in [-0.05, 0) is 12.1 Å². The van der Waals surface area contributed by atoms with Gasteiger partial charge in [0.05, 0.1) is 18.7 Å². The fourth-order valence-electron chi connectivity index (χ4n) is 1.71. The summed E-state index contributed by atoms with van der Waals surface area (Å²) in [6.45, 7) is -0.0771. The predicted molar refractivity (Wildman–Crippen MR) is 74.0 cm³/mol. The quantitative estimate of drug-likeness (QED) is 0.781. The Kier molecular flexibility index (Phi) is 4.35. The molecule has 0 unspecified atom stereocenters. The highest BCUT2D eigenvalue weighted by atomic mass is 16.5. The van der Waals surface area contributed by atoms with E-state index in [4.69, 9.17) is 14.7 Å². The first kappa shape index (κ1) is 13.6. The van der Waals surface area contributed by atoms with Gasteiger partial charge in [0.1, 0.15) is 0 Å². The number of hydrogen-bond acceptors (Lipinski definition) is 4. The van der Waals surface area contributed by atoms with E-state index in [1.807, 2.05) is 12.1 Å². The summed E-state index contributed by atoms with van der Waals surface area (Å²) >= 11 is 0. The Labute approximate surface area is 117 Å². The Morgan fingerprint density at radius 2 is 1.90 bits per heavy atom. The molecule has 0 heterocycles. The lowest BCUT2D eigenvalue weighted by Crippen LogP contribution is -2.11. The van der Waals surface area contributed by atoms with Crippen molar-refractivity contribution in [1.82, 2.24) is 0 Å². The molecule has 0 amide bonds. The molecule has 0 fully saturated rings. The van der Waals surface area contributed by atoms with Gasteiger partial charge in [-0.25, -0.2) is 0 Å². The molecule has 2 aromatic carbocycles. The van der Waals surface area contributed by atoms with Gasteiger partial charge >= 0.3 is 0 Å². The summed E-state index contributed by atoms with van der Waals surface area (Å²) in [5.41, 5.74) is 1.07. The summed E-state index contributed by atoms with van der Waals surface area (Å²) in [5, 5.41) is 8.81. The number of rotatable bonds is 5. The Balaban J connectivity index is 2.08. The SMILES string of the molecule is COc1cc(C#N)ccc1OCC(=O)c1ccccc1. The van der Waals surface area contributed by atoms with Crippen molar-refractivity contribution in [3.8, 4) is 17.6 Å². The van der Waals surface area contributed by atoms with E-state index in [2.05, 4.69) is 0 Å². The molecule has 0 radical (unpaired) electrons. The molecular weight excluding hydrogens is 254 g/mol. The van der Waals surface area contributed by atoms with Crippen LogP contribution in [0.15, 0.2) is 48.5 Å². The molecule has 0 saturated carbocycles. The number of Topliss-reactive ketones (excluding diaryl/α,β-unsaturated/α-hetero) is 1. The molecule has 0 spiro atoms. The third kappa shape index (κ3) is 3.15. The van der Waals surface area contributed by atoms with E-state index in [0.29, 0.717) is 22.6 Å². The lowest BCUT2D eigenvalue weighted by Gasteiger charge is -2.10. The fraction of sp³-hybridized carbons (Fsp3) is 0.125. The molecule has 4 heteroatoms. The Hall–Kier alpha value is -2.80. The zero-order valence-electron chi connectivity index (χ0n) is 11.0. The van der Waals surface area contributed by atoms with Crippen LogP contribution in [-0.2, 0) is 0 Å². The maximum Gasteiger partial charge on any atom is 0.200 e. The topological polar surface area (TPSA) is 59.3 Å². The van der Waals surface area contributed by atoms with Crippen LogP contribution < -0.4 is 9.47 Å². The van der Waals surface area contributed by atoms with E-state index in [1.54, 1.807) is 42.5 Å². The number of carbonyl (C=O) groups is 1. The maximum atomic E-state index is 11.9. The largest absolute Gasteiger partial charge is 0.493 e. The number of nitrogens with zero attached hydrogens (tertiary/aromatic N) is 1. The molecule has 0 N–H and O–H groups in total. The number of hydrogen-bond donors (Lipinski definition) is 0. The minimum atomic E-state index is -0.114. The van der Waals surface area contributed by atoms with Crippen LogP contribution in [0.1, 0.15) is 15.9 Å². The number of nitriles is 1. The highest BCUT2D eigenvalue weighted by Crippen LogP contribution is 2.27. The van der Waals surface area contributed by atoms with Crippen LogP contribution in [0.5, 0.6) is 11.5 Å². The van der Waals surface area contributed by atoms with Gasteiger partial charge in [0.15, 0.2) is 23.9 Å². The summed E-state index contributed by atoms with van der Waals surface area (Å²) in [6.07, 6.45) is 0. The standard InChI is InChI=1S/C16H13NO3/c1-19-16-9-12(10-17)7-8-15(16)20-11-14(18)13-5-3-2-4-6-13/h2-9H,11H2,1H3. The minimum absolute atomic E-state index is 0.0771. The molecule has 0 aliphatic carbocycles. The average Bonchev–Trinajstić information content (AvgIpc) is 2.53. The number of benzene rings is 2. The van der Waals surface area contributed by atoms with Gasteiger partial charge in [-0.1, -0.05) is 30.3 Å². The third-order valence-corrected chi connectivity index (χ3v) is 2.75. The van der Waals surface area contributed by atoms with Crippen LogP contribution >= 0.6 is 0 Å². The van der Waals surface area contributed by atoms with Crippen molar-refractivity contribution in [3.63, 3.8) is 0 Å². The Morgan fingerprint density at radius 3 is 2.55 bits per heavy atom. The molecule has 4 nitrogen and oxygen atoms in total. The van der Waals surface area contributed by atoms with Gasteiger partial charge in [0.2, 0.25) is 0 Å². The van der Waals surface area contributed by atoms with Crippen molar-refractivity contribution in [2.24, 2.45) is 0 Å². The second-order valence-corrected chi connectivity index (χ2v) is 4.06. The van der Waals surface area contributed by atoms with Crippen molar-refractivity contribution in [3.05, 3.63) is 59.7 Å². The van der Waals surface area contributed by atoms with E-state index in [-0.39, 0.29) is 12.4 Å². The van der Waals surface area contributed by atoms with Crippen molar-refractivity contribution >= 4 is 5.78 Å². The van der Waals surface area contributed by atoms with Crippen molar-refractivity contribution < 1.29 is 14.3 Å². The van der Waals surface area contributed by atoms with Gasteiger partial charge in [0, 0.05) is 11.6 Å². The molecule has 0 bridgehead atoms. The summed E-state index contributed by atoms with van der Waals surface area (Å²) in [5.74, 6) is 0.762. The second-order valence-electron chi connectivity index (χ2n) is 4.06. The van der Waals surface area contributed by atoms with Gasteiger partial charge in [-0.15, -0.1) is 0 Å². The minimum Gasteiger partial charge on any atom is -0.493 e. The second kappa shape index (κ2) is 6.39. The zero-order chi connectivity index (χ0) is 14.4. The molecule has 2 rings (SSSR count). The third-order valence-electron chi connectivity index (χ3n) is 2.75. The van der Waals surface area contributed by atoms with E-state index < -0.39 is 0 Å². The van der Waals surface area contributed by atoms with Crippen molar-refractivity contribution in [2.45, 2.75) is 0 Å². The first-order chi connectivity index (χ1) is 9.74. The van der Waals surface area contributed by atoms with Crippen LogP contribution in [0.2, 0.25) is 0 Å². The van der Waals surface area contributed by atoms with E-state index in [9.17, 15) is 4.79 Å². The Bertz CT molecular complexity index is 645. The summed E-state index contributed by atoms with van der Waals surface area (Å²) in [4.78, 5) is 11.9. The lowest BCUT2D eigenvalue weighted by molar-refractivity contribution is 0.0919. The normalized spacial score (nSPS) is 9.60. The number of ketones is 1. The molecule has 0 aromatic heterocycles. The van der Waals surface area contributed by atoms with Gasteiger partial charge < -0.3 is 9.47 Å². The van der Waals surface area contributed by atoms with Crippen LogP contribution in [-0.4, -0.2) is 19.5 Å². The highest BCUT2D eigenvalue weighted by molar-refractivity contribution is 5.97. The average molecular weight is 267 g/mol. The van der Waals surface area contributed by atoms with Crippen LogP contribution in [0, 0.1) is 11.3 Å². The van der Waals surface area contributed by atoms with E-state index in [1.165, 1.54) is 7.11 Å². The zero-order valence-corrected chi connectivity index (χ0v) is 11.0. The lowest BCUT2D eigenvalue weighted by atomic mass is 10.1. The summed E-state index contributed by atoms with van der Waals surface area (Å²) in [7, 11) is 1.49. The molecule has 2 aromatic rings. The fourth-order valence-corrected chi connectivity index (χ4v) is 1.71. The predicted octanol–water partition coefficient (Wildman–Crippen LogP) is 2.83.